The summed E-state index contributed by atoms with van der Waals surface area (Å²) in [5.74, 6) is -0.983. The SMILES string of the molecule is CCC(C)c1ccc(OCCCCCCOC(=O)C(F)(F)S(=O)(=O)O)cc1. The number of halogens is 2. The zero-order valence-electron chi connectivity index (χ0n) is 15.5. The molecule has 154 valence electrons. The first kappa shape index (κ1) is 23.3. The topological polar surface area (TPSA) is 89.9 Å². The van der Waals surface area contributed by atoms with Gasteiger partial charge in [0.1, 0.15) is 5.75 Å². The summed E-state index contributed by atoms with van der Waals surface area (Å²) in [6, 6.07) is 7.94. The summed E-state index contributed by atoms with van der Waals surface area (Å²) < 4.78 is 64.7. The van der Waals surface area contributed by atoms with Gasteiger partial charge >= 0.3 is 21.3 Å². The minimum atomic E-state index is -5.82. The van der Waals surface area contributed by atoms with Crippen LogP contribution in [0.15, 0.2) is 24.3 Å². The molecule has 0 aliphatic heterocycles. The Morgan fingerprint density at radius 3 is 2.19 bits per heavy atom. The van der Waals surface area contributed by atoms with Gasteiger partial charge in [0.2, 0.25) is 0 Å². The number of alkyl halides is 2. The van der Waals surface area contributed by atoms with Gasteiger partial charge in [-0.05, 0) is 55.7 Å². The number of rotatable bonds is 12. The predicted octanol–water partition coefficient (Wildman–Crippen LogP) is 4.16. The van der Waals surface area contributed by atoms with Crippen LogP contribution in [0, 0.1) is 0 Å². The maximum Gasteiger partial charge on any atom is 0.465 e. The van der Waals surface area contributed by atoms with E-state index >= 15 is 0 Å². The van der Waals surface area contributed by atoms with Gasteiger partial charge in [-0.25, -0.2) is 4.79 Å². The zero-order chi connectivity index (χ0) is 20.5. The normalized spacial score (nSPS) is 13.2. The average Bonchev–Trinajstić information content (AvgIpc) is 2.62. The van der Waals surface area contributed by atoms with E-state index in [4.69, 9.17) is 9.29 Å². The van der Waals surface area contributed by atoms with Crippen molar-refractivity contribution in [3.63, 3.8) is 0 Å². The van der Waals surface area contributed by atoms with Crippen molar-refractivity contribution < 1.29 is 36.0 Å². The molecule has 1 aromatic carbocycles. The largest absolute Gasteiger partial charge is 0.494 e. The van der Waals surface area contributed by atoms with Gasteiger partial charge in [-0.1, -0.05) is 26.0 Å². The van der Waals surface area contributed by atoms with Crippen molar-refractivity contribution in [3.05, 3.63) is 29.8 Å². The summed E-state index contributed by atoms with van der Waals surface area (Å²) in [6.45, 7) is 4.46. The molecule has 0 saturated carbocycles. The molecule has 0 spiro atoms. The monoisotopic (exact) mass is 408 g/mol. The lowest BCUT2D eigenvalue weighted by molar-refractivity contribution is -0.161. The van der Waals surface area contributed by atoms with Gasteiger partial charge < -0.3 is 9.47 Å². The van der Waals surface area contributed by atoms with E-state index in [2.05, 4.69) is 18.6 Å². The first-order valence-electron chi connectivity index (χ1n) is 8.84. The van der Waals surface area contributed by atoms with Gasteiger partial charge in [0.05, 0.1) is 13.2 Å². The summed E-state index contributed by atoms with van der Waals surface area (Å²) in [5.41, 5.74) is 1.26. The highest BCUT2D eigenvalue weighted by molar-refractivity contribution is 7.87. The molecule has 0 bridgehead atoms. The van der Waals surface area contributed by atoms with Crippen LogP contribution in [0.25, 0.3) is 0 Å². The Balaban J connectivity index is 2.15. The van der Waals surface area contributed by atoms with E-state index in [-0.39, 0.29) is 6.61 Å². The van der Waals surface area contributed by atoms with Crippen LogP contribution in [-0.2, 0) is 19.6 Å². The molecule has 1 rings (SSSR count). The molecule has 0 saturated heterocycles. The molecule has 27 heavy (non-hydrogen) atoms. The van der Waals surface area contributed by atoms with Crippen LogP contribution < -0.4 is 4.74 Å². The average molecular weight is 408 g/mol. The molecule has 9 heteroatoms. The Hall–Kier alpha value is -1.74. The highest BCUT2D eigenvalue weighted by Crippen LogP contribution is 2.23. The van der Waals surface area contributed by atoms with Crippen LogP contribution in [0.5, 0.6) is 5.75 Å². The third-order valence-corrected chi connectivity index (χ3v) is 4.98. The van der Waals surface area contributed by atoms with Crippen molar-refractivity contribution in [2.24, 2.45) is 0 Å². The third kappa shape index (κ3) is 7.42. The second kappa shape index (κ2) is 10.6. The number of carbonyl (C=O) groups is 1. The number of hydrogen-bond acceptors (Lipinski definition) is 5. The van der Waals surface area contributed by atoms with Crippen LogP contribution in [0.2, 0.25) is 0 Å². The van der Waals surface area contributed by atoms with Crippen LogP contribution in [0.1, 0.15) is 57.4 Å². The number of hydrogen-bond donors (Lipinski definition) is 1. The summed E-state index contributed by atoms with van der Waals surface area (Å²) in [6.07, 6.45) is 3.44. The van der Waals surface area contributed by atoms with E-state index in [0.29, 0.717) is 25.4 Å². The first-order chi connectivity index (χ1) is 12.6. The van der Waals surface area contributed by atoms with Crippen molar-refractivity contribution in [2.75, 3.05) is 13.2 Å². The summed E-state index contributed by atoms with van der Waals surface area (Å²) in [7, 11) is -5.82. The van der Waals surface area contributed by atoms with E-state index in [9.17, 15) is 22.0 Å². The second-order valence-electron chi connectivity index (χ2n) is 6.27. The molecule has 1 atom stereocenters. The fourth-order valence-corrected chi connectivity index (χ4v) is 2.50. The van der Waals surface area contributed by atoms with Crippen molar-refractivity contribution >= 4 is 16.1 Å². The number of benzene rings is 1. The quantitative estimate of drug-likeness (QED) is 0.317. The van der Waals surface area contributed by atoms with E-state index < -0.39 is 21.3 Å². The Bertz CT molecular complexity index is 688. The number of carbonyl (C=O) groups excluding carboxylic acids is 1. The van der Waals surface area contributed by atoms with E-state index in [1.807, 2.05) is 24.3 Å². The highest BCUT2D eigenvalue weighted by Gasteiger charge is 2.54. The fraction of sp³-hybridized carbons (Fsp3) is 0.611. The van der Waals surface area contributed by atoms with Crippen LogP contribution in [-0.4, -0.2) is 37.4 Å². The molecule has 0 amide bonds. The first-order valence-corrected chi connectivity index (χ1v) is 10.3. The van der Waals surface area contributed by atoms with Gasteiger partial charge in [0.15, 0.2) is 0 Å². The Kier molecular flexibility index (Phi) is 9.11. The molecule has 1 unspecified atom stereocenters. The van der Waals surface area contributed by atoms with Gasteiger partial charge in [-0.2, -0.15) is 17.2 Å². The second-order valence-corrected chi connectivity index (χ2v) is 7.73. The van der Waals surface area contributed by atoms with Crippen molar-refractivity contribution in [2.45, 2.75) is 57.1 Å². The molecule has 1 N–H and O–H groups in total. The van der Waals surface area contributed by atoms with E-state index in [0.717, 1.165) is 25.0 Å². The summed E-state index contributed by atoms with van der Waals surface area (Å²) in [5, 5.41) is -4.94. The lowest BCUT2D eigenvalue weighted by Gasteiger charge is -2.12. The molecule has 0 fully saturated rings. The molecular formula is C18H26F2O6S. The lowest BCUT2D eigenvalue weighted by atomic mass is 9.99. The molecular weight excluding hydrogens is 382 g/mol. The smallest absolute Gasteiger partial charge is 0.465 e. The maximum atomic E-state index is 12.9. The lowest BCUT2D eigenvalue weighted by Crippen LogP contribution is -2.39. The molecule has 6 nitrogen and oxygen atoms in total. The van der Waals surface area contributed by atoms with Gasteiger partial charge in [0.25, 0.3) is 0 Å². The van der Waals surface area contributed by atoms with E-state index in [1.165, 1.54) is 5.56 Å². The molecule has 1 aromatic rings. The van der Waals surface area contributed by atoms with Crippen LogP contribution in [0.3, 0.4) is 0 Å². The van der Waals surface area contributed by atoms with Gasteiger partial charge in [-0.3, -0.25) is 4.55 Å². The predicted molar refractivity (Wildman–Crippen MR) is 96.6 cm³/mol. The molecule has 0 aliphatic carbocycles. The molecule has 0 aliphatic rings. The Morgan fingerprint density at radius 1 is 1.11 bits per heavy atom. The number of ether oxygens (including phenoxy) is 2. The summed E-state index contributed by atoms with van der Waals surface area (Å²) >= 11 is 0. The Morgan fingerprint density at radius 2 is 1.67 bits per heavy atom. The summed E-state index contributed by atoms with van der Waals surface area (Å²) in [4.78, 5) is 11.0. The minimum absolute atomic E-state index is 0.302. The minimum Gasteiger partial charge on any atom is -0.494 e. The van der Waals surface area contributed by atoms with Crippen molar-refractivity contribution in [1.82, 2.24) is 0 Å². The number of esters is 1. The molecule has 0 aromatic heterocycles. The number of unbranched alkanes of at least 4 members (excludes halogenated alkanes) is 3. The van der Waals surface area contributed by atoms with Crippen molar-refractivity contribution in [1.29, 1.82) is 0 Å². The van der Waals surface area contributed by atoms with E-state index in [1.54, 1.807) is 0 Å². The molecule has 0 radical (unpaired) electrons. The van der Waals surface area contributed by atoms with Gasteiger partial charge in [-0.15, -0.1) is 0 Å². The zero-order valence-corrected chi connectivity index (χ0v) is 16.3. The standard InChI is InChI=1S/C18H26F2O6S/c1-3-14(2)15-8-10-16(11-9-15)25-12-6-4-5-7-13-26-17(21)18(19,20)27(22,23)24/h8-11,14H,3-7,12-13H2,1-2H3,(H,22,23,24). The molecule has 0 heterocycles. The third-order valence-electron chi connectivity index (χ3n) is 4.16. The van der Waals surface area contributed by atoms with Crippen molar-refractivity contribution in [3.8, 4) is 5.75 Å². The van der Waals surface area contributed by atoms with Crippen LogP contribution >= 0.6 is 0 Å². The van der Waals surface area contributed by atoms with Crippen LogP contribution in [0.4, 0.5) is 8.78 Å². The maximum absolute atomic E-state index is 12.9. The van der Waals surface area contributed by atoms with Gasteiger partial charge in [0, 0.05) is 0 Å². The highest BCUT2D eigenvalue weighted by atomic mass is 32.2. The fourth-order valence-electron chi connectivity index (χ4n) is 2.23. The Labute approximate surface area is 158 Å².